The van der Waals surface area contributed by atoms with E-state index in [0.29, 0.717) is 0 Å². The maximum atomic E-state index is 5.77. The van der Waals surface area contributed by atoms with Crippen molar-refractivity contribution in [2.45, 2.75) is 20.1 Å². The van der Waals surface area contributed by atoms with E-state index in [0.717, 1.165) is 29.2 Å². The summed E-state index contributed by atoms with van der Waals surface area (Å²) in [6.45, 7) is 4.85. The zero-order valence-electron chi connectivity index (χ0n) is 9.70. The zero-order chi connectivity index (χ0) is 11.0. The molecule has 1 aromatic rings. The van der Waals surface area contributed by atoms with Gasteiger partial charge in [-0.1, -0.05) is 12.1 Å². The molecule has 1 aliphatic rings. The van der Waals surface area contributed by atoms with Crippen molar-refractivity contribution in [3.05, 3.63) is 23.3 Å². The maximum Gasteiger partial charge on any atom is 0.254 e. The van der Waals surface area contributed by atoms with E-state index in [4.69, 9.17) is 9.47 Å². The summed E-state index contributed by atoms with van der Waals surface area (Å²) in [5.74, 6) is 1.81. The van der Waals surface area contributed by atoms with Crippen LogP contribution in [-0.2, 0) is 0 Å². The molecular weight excluding hydrogens is 190 g/mol. The van der Waals surface area contributed by atoms with Crippen LogP contribution in [0.5, 0.6) is 11.5 Å². The molecule has 0 fully saturated rings. The second-order valence-corrected chi connectivity index (χ2v) is 4.29. The third kappa shape index (κ3) is 1.92. The molecule has 0 aliphatic carbocycles. The Labute approximate surface area is 90.6 Å². The first-order valence-corrected chi connectivity index (χ1v) is 5.16. The van der Waals surface area contributed by atoms with Gasteiger partial charge in [-0.2, -0.15) is 0 Å². The number of aryl methyl sites for hydroxylation is 2. The van der Waals surface area contributed by atoms with E-state index < -0.39 is 0 Å². The lowest BCUT2D eigenvalue weighted by Gasteiger charge is -2.15. The van der Waals surface area contributed by atoms with E-state index in [1.165, 1.54) is 0 Å². The average Bonchev–Trinajstić information content (AvgIpc) is 2.55. The fourth-order valence-corrected chi connectivity index (χ4v) is 1.71. The smallest absolute Gasteiger partial charge is 0.254 e. The number of hydrogen-bond acceptors (Lipinski definition) is 3. The van der Waals surface area contributed by atoms with E-state index in [1.54, 1.807) is 0 Å². The average molecular weight is 207 g/mol. The molecule has 1 aliphatic heterocycles. The molecule has 82 valence electrons. The number of hydrogen-bond donors (Lipinski definition) is 0. The van der Waals surface area contributed by atoms with Crippen LogP contribution in [0.2, 0.25) is 0 Å². The van der Waals surface area contributed by atoms with Crippen molar-refractivity contribution in [3.63, 3.8) is 0 Å². The van der Waals surface area contributed by atoms with Crippen molar-refractivity contribution in [1.29, 1.82) is 0 Å². The molecule has 0 radical (unpaired) electrons. The largest absolute Gasteiger partial charge is 0.449 e. The van der Waals surface area contributed by atoms with Crippen LogP contribution in [0.3, 0.4) is 0 Å². The number of fused-ring (bicyclic) bond motifs is 1. The normalized spacial score (nSPS) is 15.0. The summed E-state index contributed by atoms with van der Waals surface area (Å²) in [4.78, 5) is 2.06. The number of benzene rings is 1. The first-order chi connectivity index (χ1) is 7.08. The minimum atomic E-state index is -0.171. The summed E-state index contributed by atoms with van der Waals surface area (Å²) >= 11 is 0. The van der Waals surface area contributed by atoms with Gasteiger partial charge >= 0.3 is 0 Å². The summed E-state index contributed by atoms with van der Waals surface area (Å²) in [6.07, 6.45) is -0.171. The van der Waals surface area contributed by atoms with Crippen molar-refractivity contribution in [1.82, 2.24) is 4.90 Å². The predicted molar refractivity (Wildman–Crippen MR) is 59.5 cm³/mol. The Balaban J connectivity index is 2.23. The van der Waals surface area contributed by atoms with Crippen molar-refractivity contribution >= 4 is 0 Å². The molecule has 1 heterocycles. The standard InChI is InChI=1S/C12H17NO2/c1-8-5-6-9(2)12-11(8)14-10(15-12)7-13(3)4/h5-6,10H,7H2,1-4H3. The molecule has 0 aromatic heterocycles. The van der Waals surface area contributed by atoms with Crippen molar-refractivity contribution in [2.24, 2.45) is 0 Å². The van der Waals surface area contributed by atoms with Gasteiger partial charge in [-0.15, -0.1) is 0 Å². The van der Waals surface area contributed by atoms with Gasteiger partial charge in [0, 0.05) is 0 Å². The van der Waals surface area contributed by atoms with E-state index in [2.05, 4.69) is 17.0 Å². The molecule has 3 nitrogen and oxygen atoms in total. The van der Waals surface area contributed by atoms with E-state index >= 15 is 0 Å². The van der Waals surface area contributed by atoms with Crippen LogP contribution in [-0.4, -0.2) is 31.8 Å². The maximum absolute atomic E-state index is 5.77. The quantitative estimate of drug-likeness (QED) is 0.740. The molecule has 0 saturated heterocycles. The van der Waals surface area contributed by atoms with Gasteiger partial charge in [-0.3, -0.25) is 0 Å². The summed E-state index contributed by atoms with van der Waals surface area (Å²) in [5.41, 5.74) is 2.27. The topological polar surface area (TPSA) is 21.7 Å². The van der Waals surface area contributed by atoms with Gasteiger partial charge in [0.05, 0.1) is 6.54 Å². The van der Waals surface area contributed by atoms with Crippen molar-refractivity contribution in [2.75, 3.05) is 20.6 Å². The summed E-state index contributed by atoms with van der Waals surface area (Å²) in [6, 6.07) is 4.13. The van der Waals surface area contributed by atoms with Crippen LogP contribution in [0.25, 0.3) is 0 Å². The second-order valence-electron chi connectivity index (χ2n) is 4.29. The van der Waals surface area contributed by atoms with Crippen LogP contribution in [0.15, 0.2) is 12.1 Å². The Hall–Kier alpha value is -1.22. The van der Waals surface area contributed by atoms with Gasteiger partial charge in [0.1, 0.15) is 0 Å². The van der Waals surface area contributed by atoms with E-state index in [9.17, 15) is 0 Å². The molecule has 0 spiro atoms. The van der Waals surface area contributed by atoms with Gasteiger partial charge in [0.2, 0.25) is 0 Å². The number of nitrogens with zero attached hydrogens (tertiary/aromatic N) is 1. The molecular formula is C12H17NO2. The highest BCUT2D eigenvalue weighted by Crippen LogP contribution is 2.40. The van der Waals surface area contributed by atoms with Gasteiger partial charge in [0.15, 0.2) is 11.5 Å². The molecule has 0 amide bonds. The van der Waals surface area contributed by atoms with Crippen LogP contribution in [0, 0.1) is 13.8 Å². The zero-order valence-corrected chi connectivity index (χ0v) is 9.70. The van der Waals surface area contributed by atoms with Crippen LogP contribution in [0.4, 0.5) is 0 Å². The lowest BCUT2D eigenvalue weighted by Crippen LogP contribution is -2.32. The van der Waals surface area contributed by atoms with Gasteiger partial charge in [-0.05, 0) is 39.1 Å². The fourth-order valence-electron chi connectivity index (χ4n) is 1.71. The summed E-state index contributed by atoms with van der Waals surface area (Å²) in [7, 11) is 4.02. The number of rotatable bonds is 2. The fraction of sp³-hybridized carbons (Fsp3) is 0.500. The van der Waals surface area contributed by atoms with Crippen molar-refractivity contribution < 1.29 is 9.47 Å². The third-order valence-corrected chi connectivity index (χ3v) is 2.52. The first-order valence-electron chi connectivity index (χ1n) is 5.16. The summed E-state index contributed by atoms with van der Waals surface area (Å²) < 4.78 is 11.5. The molecule has 15 heavy (non-hydrogen) atoms. The van der Waals surface area contributed by atoms with E-state index in [-0.39, 0.29) is 6.29 Å². The number of likely N-dealkylation sites (N-methyl/N-ethyl adjacent to an activating group) is 1. The predicted octanol–water partition coefficient (Wildman–Crippen LogP) is 1.96. The Kier molecular flexibility index (Phi) is 2.57. The van der Waals surface area contributed by atoms with Gasteiger partial charge < -0.3 is 14.4 Å². The van der Waals surface area contributed by atoms with Gasteiger partial charge in [0.25, 0.3) is 6.29 Å². The molecule has 0 bridgehead atoms. The molecule has 1 aromatic carbocycles. The molecule has 0 saturated carbocycles. The van der Waals surface area contributed by atoms with E-state index in [1.807, 2.05) is 27.9 Å². The third-order valence-electron chi connectivity index (χ3n) is 2.52. The molecule has 2 rings (SSSR count). The Bertz CT molecular complexity index is 343. The van der Waals surface area contributed by atoms with Crippen molar-refractivity contribution in [3.8, 4) is 11.5 Å². The highest BCUT2D eigenvalue weighted by molar-refractivity contribution is 5.52. The van der Waals surface area contributed by atoms with Crippen LogP contribution >= 0.6 is 0 Å². The first kappa shape index (κ1) is 10.3. The number of ether oxygens (including phenoxy) is 2. The monoisotopic (exact) mass is 207 g/mol. The van der Waals surface area contributed by atoms with Crippen LogP contribution in [0.1, 0.15) is 11.1 Å². The molecule has 0 unspecified atom stereocenters. The highest BCUT2D eigenvalue weighted by Gasteiger charge is 2.27. The minimum absolute atomic E-state index is 0.171. The highest BCUT2D eigenvalue weighted by atomic mass is 16.7. The Morgan fingerprint density at radius 2 is 1.53 bits per heavy atom. The summed E-state index contributed by atoms with van der Waals surface area (Å²) in [5, 5.41) is 0. The lowest BCUT2D eigenvalue weighted by atomic mass is 10.1. The minimum Gasteiger partial charge on any atom is -0.449 e. The molecule has 0 N–H and O–H groups in total. The SMILES string of the molecule is Cc1ccc(C)c2c1OC(CN(C)C)O2. The molecule has 0 atom stereocenters. The van der Waals surface area contributed by atoms with Gasteiger partial charge in [-0.25, -0.2) is 0 Å². The second kappa shape index (κ2) is 3.74. The Morgan fingerprint density at radius 3 is 1.93 bits per heavy atom. The molecule has 3 heteroatoms. The Morgan fingerprint density at radius 1 is 1.07 bits per heavy atom. The lowest BCUT2D eigenvalue weighted by molar-refractivity contribution is 0.0266. The van der Waals surface area contributed by atoms with Crippen LogP contribution < -0.4 is 9.47 Å².